The van der Waals surface area contributed by atoms with Crippen molar-refractivity contribution in [3.8, 4) is 11.8 Å². The molecule has 178 valence electrons. The molecular weight excluding hydrogens is 466 g/mol. The van der Waals surface area contributed by atoms with Crippen LogP contribution < -0.4 is 5.32 Å². The van der Waals surface area contributed by atoms with Crippen LogP contribution in [0.3, 0.4) is 0 Å². The van der Waals surface area contributed by atoms with Gasteiger partial charge in [-0.3, -0.25) is 9.59 Å². The van der Waals surface area contributed by atoms with Gasteiger partial charge in [-0.25, -0.2) is 9.48 Å². The first-order valence-electron chi connectivity index (χ1n) is 10.9. The number of thioether (sulfide) groups is 1. The van der Waals surface area contributed by atoms with Gasteiger partial charge in [0, 0.05) is 17.0 Å². The van der Waals surface area contributed by atoms with Crippen molar-refractivity contribution in [1.29, 1.82) is 5.26 Å². The van der Waals surface area contributed by atoms with Gasteiger partial charge in [-0.2, -0.15) is 10.4 Å². The molecule has 1 fully saturated rings. The third-order valence-electron chi connectivity index (χ3n) is 5.59. The number of benzene rings is 2. The molecule has 2 aromatic carbocycles. The lowest BCUT2D eigenvalue weighted by Gasteiger charge is -2.23. The van der Waals surface area contributed by atoms with Crippen molar-refractivity contribution in [2.24, 2.45) is 0 Å². The van der Waals surface area contributed by atoms with Crippen LogP contribution in [0.4, 0.5) is 5.69 Å². The summed E-state index contributed by atoms with van der Waals surface area (Å²) in [4.78, 5) is 39.7. The molecule has 1 aliphatic rings. The van der Waals surface area contributed by atoms with Crippen LogP contribution in [0.2, 0.25) is 0 Å². The second kappa shape index (κ2) is 10.4. The lowest BCUT2D eigenvalue weighted by molar-refractivity contribution is -0.119. The Morgan fingerprint density at radius 2 is 1.89 bits per heavy atom. The topological polar surface area (TPSA) is 117 Å². The Morgan fingerprint density at radius 3 is 2.54 bits per heavy atom. The lowest BCUT2D eigenvalue weighted by Crippen LogP contribution is -2.44. The molecule has 0 aliphatic carbocycles. The lowest BCUT2D eigenvalue weighted by atomic mass is 10.1. The summed E-state index contributed by atoms with van der Waals surface area (Å²) in [5, 5.41) is 16.0. The predicted molar refractivity (Wildman–Crippen MR) is 131 cm³/mol. The minimum Gasteiger partial charge on any atom is -0.462 e. The number of aromatic nitrogens is 2. The van der Waals surface area contributed by atoms with Crippen molar-refractivity contribution in [3.63, 3.8) is 0 Å². The van der Waals surface area contributed by atoms with Gasteiger partial charge in [0.15, 0.2) is 0 Å². The molecule has 4 rings (SSSR count). The van der Waals surface area contributed by atoms with E-state index in [0.717, 1.165) is 0 Å². The Bertz CT molecular complexity index is 1290. The second-order valence-electron chi connectivity index (χ2n) is 7.79. The fraction of sp³-hybridized carbons (Fsp3) is 0.240. The maximum atomic E-state index is 13.2. The maximum absolute atomic E-state index is 13.2. The normalized spacial score (nSPS) is 14.9. The number of carbonyl (C=O) groups excluding carboxylic acids is 3. The molecule has 2 heterocycles. The van der Waals surface area contributed by atoms with Crippen molar-refractivity contribution in [3.05, 3.63) is 77.1 Å². The molecule has 0 saturated carbocycles. The van der Waals surface area contributed by atoms with E-state index >= 15 is 0 Å². The molecule has 1 aliphatic heterocycles. The van der Waals surface area contributed by atoms with Crippen molar-refractivity contribution in [1.82, 2.24) is 14.7 Å². The second-order valence-corrected chi connectivity index (χ2v) is 8.79. The number of carbonyl (C=O) groups is 3. The smallest absolute Gasteiger partial charge is 0.341 e. The van der Waals surface area contributed by atoms with Crippen LogP contribution >= 0.6 is 11.8 Å². The van der Waals surface area contributed by atoms with Gasteiger partial charge in [0.2, 0.25) is 5.91 Å². The summed E-state index contributed by atoms with van der Waals surface area (Å²) >= 11 is 1.51. The van der Waals surface area contributed by atoms with Gasteiger partial charge >= 0.3 is 5.97 Å². The molecule has 0 radical (unpaired) electrons. The predicted octanol–water partition coefficient (Wildman–Crippen LogP) is 3.38. The van der Waals surface area contributed by atoms with E-state index in [2.05, 4.69) is 10.4 Å². The number of hydrogen-bond acceptors (Lipinski definition) is 7. The van der Waals surface area contributed by atoms with Crippen LogP contribution in [0.15, 0.2) is 54.7 Å². The van der Waals surface area contributed by atoms with Gasteiger partial charge in [-0.05, 0) is 62.4 Å². The zero-order valence-corrected chi connectivity index (χ0v) is 20.0. The third-order valence-corrected chi connectivity index (χ3v) is 6.60. The average Bonchev–Trinajstić information content (AvgIpc) is 3.51. The fourth-order valence-electron chi connectivity index (χ4n) is 3.70. The van der Waals surface area contributed by atoms with E-state index in [1.807, 2.05) is 6.07 Å². The summed E-state index contributed by atoms with van der Waals surface area (Å²) in [5.74, 6) is -0.0448. The Morgan fingerprint density at radius 1 is 1.17 bits per heavy atom. The standard InChI is InChI=1S/C25H23N5O4S/c1-3-34-25(33)21-13-27-30(16(21)2)20-10-6-18(7-11-20)24(32)29-15-35-14-22(29)23(31)28-19-8-4-17(12-26)5-9-19/h4-11,13,22H,3,14-15H2,1-2H3,(H,28,31). The Labute approximate surface area is 206 Å². The number of esters is 1. The summed E-state index contributed by atoms with van der Waals surface area (Å²) < 4.78 is 6.66. The Hall–Kier alpha value is -4.10. The van der Waals surface area contributed by atoms with Crippen LogP contribution in [0.25, 0.3) is 5.69 Å². The van der Waals surface area contributed by atoms with Gasteiger partial charge in [0.05, 0.1) is 41.7 Å². The Kier molecular flexibility index (Phi) is 7.17. The van der Waals surface area contributed by atoms with E-state index in [0.29, 0.717) is 45.4 Å². The molecular formula is C25H23N5O4S. The van der Waals surface area contributed by atoms with E-state index in [1.54, 1.807) is 72.0 Å². The zero-order chi connectivity index (χ0) is 24.9. The van der Waals surface area contributed by atoms with E-state index in [9.17, 15) is 14.4 Å². The van der Waals surface area contributed by atoms with E-state index in [-0.39, 0.29) is 18.4 Å². The molecule has 1 unspecified atom stereocenters. The highest BCUT2D eigenvalue weighted by atomic mass is 32.2. The molecule has 9 nitrogen and oxygen atoms in total. The van der Waals surface area contributed by atoms with Crippen molar-refractivity contribution < 1.29 is 19.1 Å². The van der Waals surface area contributed by atoms with Gasteiger partial charge in [0.1, 0.15) is 11.6 Å². The largest absolute Gasteiger partial charge is 0.462 e. The number of ether oxygens (including phenoxy) is 1. The maximum Gasteiger partial charge on any atom is 0.341 e. The summed E-state index contributed by atoms with van der Waals surface area (Å²) in [5.41, 5.74) is 3.24. The van der Waals surface area contributed by atoms with Gasteiger partial charge < -0.3 is 15.0 Å². The minimum atomic E-state index is -0.608. The molecule has 1 aromatic heterocycles. The first-order valence-corrected chi connectivity index (χ1v) is 12.1. The van der Waals surface area contributed by atoms with Crippen molar-refractivity contribution in [2.45, 2.75) is 19.9 Å². The quantitative estimate of drug-likeness (QED) is 0.528. The summed E-state index contributed by atoms with van der Waals surface area (Å²) in [7, 11) is 0. The molecule has 0 bridgehead atoms. The molecule has 1 N–H and O–H groups in total. The number of anilines is 1. The van der Waals surface area contributed by atoms with Crippen molar-refractivity contribution >= 4 is 35.2 Å². The number of rotatable bonds is 6. The molecule has 2 amide bonds. The molecule has 3 aromatic rings. The first-order chi connectivity index (χ1) is 16.9. The molecule has 1 atom stereocenters. The number of nitrogens with one attached hydrogen (secondary N) is 1. The highest BCUT2D eigenvalue weighted by molar-refractivity contribution is 7.99. The summed E-state index contributed by atoms with van der Waals surface area (Å²) in [6, 6.07) is 14.9. The SMILES string of the molecule is CCOC(=O)c1cnn(-c2ccc(C(=O)N3CSCC3C(=O)Nc3ccc(C#N)cc3)cc2)c1C. The number of nitrogens with zero attached hydrogens (tertiary/aromatic N) is 4. The summed E-state index contributed by atoms with van der Waals surface area (Å²) in [6.07, 6.45) is 1.46. The average molecular weight is 490 g/mol. The first kappa shape index (κ1) is 24.0. The van der Waals surface area contributed by atoms with Crippen LogP contribution in [-0.4, -0.2) is 56.7 Å². The van der Waals surface area contributed by atoms with E-state index in [4.69, 9.17) is 10.00 Å². The highest BCUT2D eigenvalue weighted by Crippen LogP contribution is 2.25. The van der Waals surface area contributed by atoms with E-state index < -0.39 is 12.0 Å². The van der Waals surface area contributed by atoms with Crippen LogP contribution in [-0.2, 0) is 9.53 Å². The number of hydrogen-bond donors (Lipinski definition) is 1. The van der Waals surface area contributed by atoms with Crippen LogP contribution in [0, 0.1) is 18.3 Å². The molecule has 1 saturated heterocycles. The monoisotopic (exact) mass is 489 g/mol. The van der Waals surface area contributed by atoms with Crippen molar-refractivity contribution in [2.75, 3.05) is 23.6 Å². The van der Waals surface area contributed by atoms with E-state index in [1.165, 1.54) is 18.0 Å². The summed E-state index contributed by atoms with van der Waals surface area (Å²) in [6.45, 7) is 3.80. The van der Waals surface area contributed by atoms with Gasteiger partial charge in [-0.15, -0.1) is 11.8 Å². The molecule has 35 heavy (non-hydrogen) atoms. The molecule has 0 spiro atoms. The highest BCUT2D eigenvalue weighted by Gasteiger charge is 2.35. The minimum absolute atomic E-state index is 0.245. The number of amides is 2. The fourth-order valence-corrected chi connectivity index (χ4v) is 4.86. The van der Waals surface area contributed by atoms with Crippen LogP contribution in [0.1, 0.15) is 38.9 Å². The van der Waals surface area contributed by atoms with Gasteiger partial charge in [-0.1, -0.05) is 0 Å². The third kappa shape index (κ3) is 5.05. The van der Waals surface area contributed by atoms with Crippen LogP contribution in [0.5, 0.6) is 0 Å². The molecule has 10 heteroatoms. The number of nitriles is 1. The Balaban J connectivity index is 1.46. The van der Waals surface area contributed by atoms with Gasteiger partial charge in [0.25, 0.3) is 5.91 Å². The zero-order valence-electron chi connectivity index (χ0n) is 19.2.